The molecule has 1 aliphatic heterocycles. The maximum absolute atomic E-state index is 12.9. The van der Waals surface area contributed by atoms with Crippen LogP contribution in [0.15, 0.2) is 54.6 Å². The number of ether oxygens (including phenoxy) is 1. The highest BCUT2D eigenvalue weighted by Crippen LogP contribution is 2.44. The Hall–Kier alpha value is -2.93. The zero-order valence-electron chi connectivity index (χ0n) is 15.9. The van der Waals surface area contributed by atoms with Crippen molar-refractivity contribution in [3.05, 3.63) is 75.8 Å². The molecule has 1 amide bonds. The van der Waals surface area contributed by atoms with Gasteiger partial charge in [-0.05, 0) is 23.1 Å². The lowest BCUT2D eigenvalue weighted by atomic mass is 9.74. The first-order valence-electron chi connectivity index (χ1n) is 9.29. The SMILES string of the molecule is CC(C)[C@@H]1[C@H](C[N+](=O)[O-])c2ccccc2N(C(=O)OCc2ccccc2)[C@H]1O. The molecule has 1 heterocycles. The largest absolute Gasteiger partial charge is 0.444 e. The molecule has 2 aromatic rings. The Kier molecular flexibility index (Phi) is 5.94. The standard InChI is InChI=1S/C21H24N2O5/c1-14(2)19-17(12-22(26)27)16-10-6-7-11-18(16)23(20(19)24)21(25)28-13-15-8-4-3-5-9-15/h3-11,14,17,19-20,24H,12-13H2,1-2H3/t17-,19-,20+/m1/s1. The molecule has 0 aromatic heterocycles. The van der Waals surface area contributed by atoms with Crippen LogP contribution in [0.2, 0.25) is 0 Å². The Morgan fingerprint density at radius 1 is 1.18 bits per heavy atom. The van der Waals surface area contributed by atoms with Crippen LogP contribution >= 0.6 is 0 Å². The van der Waals surface area contributed by atoms with Gasteiger partial charge in [0.1, 0.15) is 12.8 Å². The van der Waals surface area contributed by atoms with E-state index >= 15 is 0 Å². The number of nitro groups is 1. The minimum Gasteiger partial charge on any atom is -0.444 e. The molecule has 0 bridgehead atoms. The number of aliphatic hydroxyl groups excluding tert-OH is 1. The summed E-state index contributed by atoms with van der Waals surface area (Å²) in [6.45, 7) is 3.56. The Balaban J connectivity index is 1.93. The molecule has 0 aliphatic carbocycles. The summed E-state index contributed by atoms with van der Waals surface area (Å²) in [5.41, 5.74) is 1.97. The highest BCUT2D eigenvalue weighted by atomic mass is 16.6. The highest BCUT2D eigenvalue weighted by Gasteiger charge is 2.46. The highest BCUT2D eigenvalue weighted by molar-refractivity contribution is 5.90. The summed E-state index contributed by atoms with van der Waals surface area (Å²) in [7, 11) is 0. The van der Waals surface area contributed by atoms with Crippen molar-refractivity contribution in [3.63, 3.8) is 0 Å². The number of fused-ring (bicyclic) bond motifs is 1. The molecule has 0 unspecified atom stereocenters. The molecule has 7 nitrogen and oxygen atoms in total. The fourth-order valence-corrected chi connectivity index (χ4v) is 3.93. The molecule has 0 radical (unpaired) electrons. The Bertz CT molecular complexity index is 840. The molecular weight excluding hydrogens is 360 g/mol. The van der Waals surface area contributed by atoms with Crippen molar-refractivity contribution in [1.29, 1.82) is 0 Å². The van der Waals surface area contributed by atoms with Gasteiger partial charge in [-0.25, -0.2) is 4.79 Å². The zero-order valence-corrected chi connectivity index (χ0v) is 15.9. The molecule has 3 atom stereocenters. The van der Waals surface area contributed by atoms with E-state index < -0.39 is 24.2 Å². The molecule has 0 saturated carbocycles. The number of hydrogen-bond donors (Lipinski definition) is 1. The van der Waals surface area contributed by atoms with Gasteiger partial charge in [-0.1, -0.05) is 62.4 Å². The predicted molar refractivity (Wildman–Crippen MR) is 104 cm³/mol. The number of anilines is 1. The smallest absolute Gasteiger partial charge is 0.416 e. The topological polar surface area (TPSA) is 92.9 Å². The van der Waals surface area contributed by atoms with Crippen molar-refractivity contribution in [2.45, 2.75) is 32.6 Å². The van der Waals surface area contributed by atoms with Gasteiger partial charge in [-0.3, -0.25) is 15.0 Å². The summed E-state index contributed by atoms with van der Waals surface area (Å²) in [6.07, 6.45) is -1.88. The van der Waals surface area contributed by atoms with Crippen LogP contribution in [0.1, 0.15) is 30.9 Å². The molecule has 0 fully saturated rings. The van der Waals surface area contributed by atoms with Gasteiger partial charge in [0.15, 0.2) is 0 Å². The summed E-state index contributed by atoms with van der Waals surface area (Å²) < 4.78 is 5.43. The molecule has 0 spiro atoms. The lowest BCUT2D eigenvalue weighted by Crippen LogP contribution is -2.52. The third kappa shape index (κ3) is 3.99. The second kappa shape index (κ2) is 8.39. The van der Waals surface area contributed by atoms with Gasteiger partial charge in [-0.15, -0.1) is 0 Å². The van der Waals surface area contributed by atoms with Crippen molar-refractivity contribution < 1.29 is 19.6 Å². The summed E-state index contributed by atoms with van der Waals surface area (Å²) >= 11 is 0. The van der Waals surface area contributed by atoms with E-state index in [-0.39, 0.29) is 24.0 Å². The van der Waals surface area contributed by atoms with Gasteiger partial charge >= 0.3 is 6.09 Å². The van der Waals surface area contributed by atoms with Gasteiger partial charge in [-0.2, -0.15) is 0 Å². The van der Waals surface area contributed by atoms with Gasteiger partial charge in [0, 0.05) is 10.8 Å². The van der Waals surface area contributed by atoms with Gasteiger partial charge in [0.25, 0.3) is 0 Å². The molecule has 0 saturated heterocycles. The quantitative estimate of drug-likeness (QED) is 0.625. The zero-order chi connectivity index (χ0) is 20.3. The van der Waals surface area contributed by atoms with Crippen LogP contribution in [-0.4, -0.2) is 28.9 Å². The Morgan fingerprint density at radius 2 is 1.82 bits per heavy atom. The van der Waals surface area contributed by atoms with Crippen LogP contribution in [0.3, 0.4) is 0 Å². The average molecular weight is 384 g/mol. The number of hydrogen-bond acceptors (Lipinski definition) is 5. The number of aliphatic hydroxyl groups is 1. The van der Waals surface area contributed by atoms with Crippen LogP contribution in [0.25, 0.3) is 0 Å². The Labute approximate surface area is 163 Å². The molecule has 2 aromatic carbocycles. The van der Waals surface area contributed by atoms with Crippen LogP contribution in [0, 0.1) is 22.0 Å². The van der Waals surface area contributed by atoms with Crippen molar-refractivity contribution in [1.82, 2.24) is 0 Å². The first-order chi connectivity index (χ1) is 13.4. The van der Waals surface area contributed by atoms with Gasteiger partial charge < -0.3 is 9.84 Å². The number of benzene rings is 2. The summed E-state index contributed by atoms with van der Waals surface area (Å²) in [5, 5.41) is 22.2. The first kappa shape index (κ1) is 19.8. The summed E-state index contributed by atoms with van der Waals surface area (Å²) in [4.78, 5) is 25.0. The number of rotatable bonds is 5. The van der Waals surface area contributed by atoms with E-state index in [2.05, 4.69) is 0 Å². The van der Waals surface area contributed by atoms with Gasteiger partial charge in [0.05, 0.1) is 11.6 Å². The van der Waals surface area contributed by atoms with Crippen LogP contribution in [0.5, 0.6) is 0 Å². The van der Waals surface area contributed by atoms with Crippen molar-refractivity contribution >= 4 is 11.8 Å². The first-order valence-corrected chi connectivity index (χ1v) is 9.29. The second-order valence-electron chi connectivity index (χ2n) is 7.33. The van der Waals surface area contributed by atoms with E-state index in [0.29, 0.717) is 11.3 Å². The van der Waals surface area contributed by atoms with Crippen LogP contribution in [0.4, 0.5) is 10.5 Å². The van der Waals surface area contributed by atoms with E-state index in [1.54, 1.807) is 24.3 Å². The number of para-hydroxylation sites is 1. The van der Waals surface area contributed by atoms with Crippen molar-refractivity contribution in [3.8, 4) is 0 Å². The van der Waals surface area contributed by atoms with E-state index in [9.17, 15) is 20.0 Å². The summed E-state index contributed by atoms with van der Waals surface area (Å²) in [6, 6.07) is 16.3. The van der Waals surface area contributed by atoms with Gasteiger partial charge in [0.2, 0.25) is 6.54 Å². The molecule has 7 heteroatoms. The van der Waals surface area contributed by atoms with E-state index in [0.717, 1.165) is 5.56 Å². The lowest BCUT2D eigenvalue weighted by molar-refractivity contribution is -0.485. The normalized spacial score (nSPS) is 21.3. The monoisotopic (exact) mass is 384 g/mol. The predicted octanol–water partition coefficient (Wildman–Crippen LogP) is 3.79. The number of carbonyl (C=O) groups is 1. The molecule has 28 heavy (non-hydrogen) atoms. The summed E-state index contributed by atoms with van der Waals surface area (Å²) in [5.74, 6) is -1.04. The molecule has 148 valence electrons. The maximum atomic E-state index is 12.9. The third-order valence-corrected chi connectivity index (χ3v) is 5.19. The minimum atomic E-state index is -1.21. The average Bonchev–Trinajstić information content (AvgIpc) is 2.66. The van der Waals surface area contributed by atoms with Crippen LogP contribution in [-0.2, 0) is 11.3 Å². The van der Waals surface area contributed by atoms with E-state index in [4.69, 9.17) is 4.74 Å². The number of carbonyl (C=O) groups excluding carboxylic acids is 1. The number of amides is 1. The van der Waals surface area contributed by atoms with Crippen LogP contribution < -0.4 is 4.90 Å². The van der Waals surface area contributed by atoms with E-state index in [1.165, 1.54) is 4.90 Å². The molecule has 3 rings (SSSR count). The third-order valence-electron chi connectivity index (χ3n) is 5.19. The lowest BCUT2D eigenvalue weighted by Gasteiger charge is -2.43. The van der Waals surface area contributed by atoms with Crippen molar-refractivity contribution in [2.24, 2.45) is 11.8 Å². The van der Waals surface area contributed by atoms with E-state index in [1.807, 2.05) is 44.2 Å². The fraction of sp³-hybridized carbons (Fsp3) is 0.381. The number of nitrogens with zero attached hydrogens (tertiary/aromatic N) is 2. The van der Waals surface area contributed by atoms with Crippen molar-refractivity contribution in [2.75, 3.05) is 11.4 Å². The Morgan fingerprint density at radius 3 is 2.46 bits per heavy atom. The maximum Gasteiger partial charge on any atom is 0.416 e. The fourth-order valence-electron chi connectivity index (χ4n) is 3.93. The molecular formula is C21H24N2O5. The molecule has 1 aliphatic rings. The second-order valence-corrected chi connectivity index (χ2v) is 7.33. The minimum absolute atomic E-state index is 0.0715. The molecule has 1 N–H and O–H groups in total.